The van der Waals surface area contributed by atoms with Crippen molar-refractivity contribution in [3.05, 3.63) is 54.4 Å². The van der Waals surface area contributed by atoms with Crippen molar-refractivity contribution in [3.8, 4) is 6.07 Å². The zero-order chi connectivity index (χ0) is 19.6. The predicted octanol–water partition coefficient (Wildman–Crippen LogP) is 2.66. The zero-order valence-corrected chi connectivity index (χ0v) is 17.0. The van der Waals surface area contributed by atoms with Gasteiger partial charge < -0.3 is 0 Å². The summed E-state index contributed by atoms with van der Waals surface area (Å²) in [5.74, 6) is -0.249. The highest BCUT2D eigenvalue weighted by Crippen LogP contribution is 2.19. The number of hydrogen-bond acceptors (Lipinski definition) is 4. The summed E-state index contributed by atoms with van der Waals surface area (Å²) in [5.41, 5.74) is 2.42. The molecule has 5 heteroatoms. The number of aryl methyl sites for hydroxylation is 2. The number of carbonyl (C=O) groups is 1. The molecule has 1 aromatic carbocycles. The molecule has 0 bridgehead atoms. The Morgan fingerprint density at radius 1 is 1.31 bits per heavy atom. The number of carbonyl (C=O) groups excluding carboxylic acids is 1. The summed E-state index contributed by atoms with van der Waals surface area (Å²) in [7, 11) is 0. The van der Waals surface area contributed by atoms with E-state index in [4.69, 9.17) is 0 Å². The first-order valence-electron chi connectivity index (χ1n) is 8.58. The minimum atomic E-state index is -0.679. The standard InChI is InChI=1S/C21H24N2O2S/c1-7-23-19(25)17(11-15-9-8-13(2)10-14(15)3)26-20(23)16(12-22)18(24)21(4,5)6/h8-11H,7H2,1-6H3. The number of thiazole rings is 1. The highest BCUT2D eigenvalue weighted by atomic mass is 32.1. The summed E-state index contributed by atoms with van der Waals surface area (Å²) in [6.07, 6.45) is 1.84. The molecule has 0 saturated heterocycles. The fourth-order valence-corrected chi connectivity index (χ4v) is 3.85. The average Bonchev–Trinajstić information content (AvgIpc) is 2.85. The second-order valence-electron chi connectivity index (χ2n) is 7.39. The minimum Gasteiger partial charge on any atom is -0.298 e. The lowest BCUT2D eigenvalue weighted by Gasteiger charge is -2.15. The molecule has 136 valence electrons. The molecule has 0 aliphatic carbocycles. The number of rotatable bonds is 3. The Bertz CT molecular complexity index is 1070. The highest BCUT2D eigenvalue weighted by molar-refractivity contribution is 7.07. The fraction of sp³-hybridized carbons (Fsp3) is 0.381. The molecule has 2 aromatic rings. The topological polar surface area (TPSA) is 62.9 Å². The largest absolute Gasteiger partial charge is 0.298 e. The molecule has 0 N–H and O–H groups in total. The zero-order valence-electron chi connectivity index (χ0n) is 16.1. The normalized spacial score (nSPS) is 13.5. The maximum atomic E-state index is 12.8. The Kier molecular flexibility index (Phi) is 5.68. The third kappa shape index (κ3) is 3.86. The van der Waals surface area contributed by atoms with Crippen LogP contribution in [0.3, 0.4) is 0 Å². The van der Waals surface area contributed by atoms with E-state index in [1.165, 1.54) is 15.9 Å². The van der Waals surface area contributed by atoms with E-state index >= 15 is 0 Å². The number of ketones is 1. The van der Waals surface area contributed by atoms with Gasteiger partial charge in [-0.1, -0.05) is 44.5 Å². The van der Waals surface area contributed by atoms with Gasteiger partial charge in [0.05, 0.1) is 4.53 Å². The summed E-state index contributed by atoms with van der Waals surface area (Å²) in [4.78, 5) is 25.5. The van der Waals surface area contributed by atoms with Crippen LogP contribution >= 0.6 is 11.3 Å². The third-order valence-electron chi connectivity index (χ3n) is 4.17. The molecule has 1 aromatic heterocycles. The Morgan fingerprint density at radius 3 is 2.46 bits per heavy atom. The molecule has 2 rings (SSSR count). The monoisotopic (exact) mass is 368 g/mol. The van der Waals surface area contributed by atoms with Gasteiger partial charge in [-0.15, -0.1) is 11.3 Å². The van der Waals surface area contributed by atoms with Crippen molar-refractivity contribution in [2.75, 3.05) is 0 Å². The molecule has 0 spiro atoms. The lowest BCUT2D eigenvalue weighted by molar-refractivity contribution is -0.120. The average molecular weight is 369 g/mol. The first-order chi connectivity index (χ1) is 12.1. The van der Waals surface area contributed by atoms with E-state index in [9.17, 15) is 14.9 Å². The van der Waals surface area contributed by atoms with Gasteiger partial charge in [0.1, 0.15) is 16.3 Å². The molecule has 26 heavy (non-hydrogen) atoms. The van der Waals surface area contributed by atoms with E-state index in [1.807, 2.05) is 45.0 Å². The van der Waals surface area contributed by atoms with Crippen LogP contribution in [0.4, 0.5) is 0 Å². The maximum Gasteiger partial charge on any atom is 0.269 e. The summed E-state index contributed by atoms with van der Waals surface area (Å²) in [5, 5.41) is 9.57. The highest BCUT2D eigenvalue weighted by Gasteiger charge is 2.27. The number of Topliss-reactive ketones (excluding diaryl/α,β-unsaturated/α-hetero) is 1. The van der Waals surface area contributed by atoms with Gasteiger partial charge in [-0.2, -0.15) is 5.26 Å². The molecule has 0 saturated carbocycles. The predicted molar refractivity (Wildman–Crippen MR) is 106 cm³/mol. The van der Waals surface area contributed by atoms with Crippen molar-refractivity contribution < 1.29 is 4.79 Å². The molecule has 0 unspecified atom stereocenters. The first-order valence-corrected chi connectivity index (χ1v) is 9.39. The summed E-state index contributed by atoms with van der Waals surface area (Å²) < 4.78 is 2.49. The van der Waals surface area contributed by atoms with E-state index in [0.29, 0.717) is 15.7 Å². The van der Waals surface area contributed by atoms with Crippen LogP contribution in [0.15, 0.2) is 23.0 Å². The van der Waals surface area contributed by atoms with Crippen molar-refractivity contribution in [1.29, 1.82) is 5.26 Å². The molecule has 0 aliphatic heterocycles. The van der Waals surface area contributed by atoms with E-state index in [2.05, 4.69) is 6.07 Å². The van der Waals surface area contributed by atoms with Gasteiger partial charge in [-0.25, -0.2) is 0 Å². The smallest absolute Gasteiger partial charge is 0.269 e. The number of nitrogens with zero attached hydrogens (tertiary/aromatic N) is 2. The van der Waals surface area contributed by atoms with Gasteiger partial charge in [0, 0.05) is 12.0 Å². The second-order valence-corrected chi connectivity index (χ2v) is 8.42. The molecule has 0 radical (unpaired) electrons. The third-order valence-corrected chi connectivity index (χ3v) is 5.30. The molecule has 0 fully saturated rings. The van der Waals surface area contributed by atoms with Gasteiger partial charge in [0.25, 0.3) is 5.56 Å². The van der Waals surface area contributed by atoms with Gasteiger partial charge in [-0.05, 0) is 38.0 Å². The van der Waals surface area contributed by atoms with E-state index < -0.39 is 5.41 Å². The lowest BCUT2D eigenvalue weighted by atomic mass is 9.87. The van der Waals surface area contributed by atoms with Crippen LogP contribution < -0.4 is 14.8 Å². The SMILES string of the molecule is CCn1c(=C(C#N)C(=O)C(C)(C)C)sc(=Cc2ccc(C)cc2C)c1=O. The van der Waals surface area contributed by atoms with Crippen LogP contribution in [0.25, 0.3) is 11.6 Å². The first kappa shape index (κ1) is 19.9. The van der Waals surface area contributed by atoms with Crippen molar-refractivity contribution in [2.45, 2.75) is 48.1 Å². The summed E-state index contributed by atoms with van der Waals surface area (Å²) in [6, 6.07) is 8.07. The molecular weight excluding hydrogens is 344 g/mol. The quantitative estimate of drug-likeness (QED) is 0.837. The Hall–Kier alpha value is -2.45. The van der Waals surface area contributed by atoms with Gasteiger partial charge >= 0.3 is 0 Å². The molecule has 1 heterocycles. The Morgan fingerprint density at radius 2 is 1.96 bits per heavy atom. The van der Waals surface area contributed by atoms with Gasteiger partial charge in [0.2, 0.25) is 0 Å². The van der Waals surface area contributed by atoms with E-state index in [1.54, 1.807) is 20.8 Å². The van der Waals surface area contributed by atoms with Crippen molar-refractivity contribution in [1.82, 2.24) is 4.57 Å². The van der Waals surface area contributed by atoms with Crippen molar-refractivity contribution >= 4 is 28.8 Å². The Labute approximate surface area is 157 Å². The maximum absolute atomic E-state index is 12.8. The fourth-order valence-electron chi connectivity index (χ4n) is 2.69. The van der Waals surface area contributed by atoms with Crippen LogP contribution in [0, 0.1) is 30.6 Å². The Balaban J connectivity index is 2.85. The van der Waals surface area contributed by atoms with Crippen LogP contribution in [-0.4, -0.2) is 10.4 Å². The van der Waals surface area contributed by atoms with Crippen LogP contribution in [0.1, 0.15) is 44.4 Å². The second kappa shape index (κ2) is 7.43. The lowest BCUT2D eigenvalue weighted by Crippen LogP contribution is -2.33. The minimum absolute atomic E-state index is 0.0572. The van der Waals surface area contributed by atoms with Gasteiger partial charge in [-0.3, -0.25) is 14.2 Å². The van der Waals surface area contributed by atoms with Crippen LogP contribution in [0.2, 0.25) is 0 Å². The number of aromatic nitrogens is 1. The van der Waals surface area contributed by atoms with Gasteiger partial charge in [0.15, 0.2) is 5.78 Å². The van der Waals surface area contributed by atoms with Crippen LogP contribution in [-0.2, 0) is 11.3 Å². The van der Waals surface area contributed by atoms with Crippen molar-refractivity contribution in [2.24, 2.45) is 5.41 Å². The summed E-state index contributed by atoms with van der Waals surface area (Å²) in [6.45, 7) is 11.6. The number of nitriles is 1. The van der Waals surface area contributed by atoms with E-state index in [-0.39, 0.29) is 16.9 Å². The number of benzene rings is 1. The number of hydrogen-bond donors (Lipinski definition) is 0. The molecule has 0 atom stereocenters. The molecule has 0 aliphatic rings. The molecule has 4 nitrogen and oxygen atoms in total. The molecule has 0 amide bonds. The molecular formula is C21H24N2O2S. The summed E-state index contributed by atoms with van der Waals surface area (Å²) >= 11 is 1.21. The van der Waals surface area contributed by atoms with Crippen LogP contribution in [0.5, 0.6) is 0 Å². The van der Waals surface area contributed by atoms with Crippen molar-refractivity contribution in [3.63, 3.8) is 0 Å². The van der Waals surface area contributed by atoms with E-state index in [0.717, 1.165) is 16.7 Å².